The number of aromatic amines is 2. The van der Waals surface area contributed by atoms with Crippen LogP contribution in [0.1, 0.15) is 21.7 Å². The second kappa shape index (κ2) is 6.71. The lowest BCUT2D eigenvalue weighted by molar-refractivity contribution is -0.131. The Morgan fingerprint density at radius 2 is 1.73 bits per heavy atom. The number of nitrogens with one attached hydrogen (secondary N) is 2. The van der Waals surface area contributed by atoms with Crippen LogP contribution in [0.15, 0.2) is 42.6 Å². The van der Waals surface area contributed by atoms with Crippen molar-refractivity contribution in [1.82, 2.24) is 19.8 Å². The molecule has 0 atom stereocenters. The minimum absolute atomic E-state index is 0.00503. The highest BCUT2D eigenvalue weighted by atomic mass is 16.2. The van der Waals surface area contributed by atoms with Crippen molar-refractivity contribution in [2.24, 2.45) is 0 Å². The third-order valence-electron chi connectivity index (χ3n) is 5.10. The lowest BCUT2D eigenvalue weighted by Crippen LogP contribution is -2.51. The number of H-pyrrole nitrogens is 2. The minimum Gasteiger partial charge on any atom is -0.358 e. The van der Waals surface area contributed by atoms with Crippen molar-refractivity contribution in [2.75, 3.05) is 26.2 Å². The Hall–Kier alpha value is -3.02. The van der Waals surface area contributed by atoms with E-state index in [0.717, 1.165) is 22.2 Å². The molecule has 0 bridgehead atoms. The largest absolute Gasteiger partial charge is 0.358 e. The number of aromatic nitrogens is 2. The van der Waals surface area contributed by atoms with Gasteiger partial charge in [0.15, 0.2) is 0 Å². The number of amides is 2. The van der Waals surface area contributed by atoms with Crippen LogP contribution >= 0.6 is 0 Å². The molecule has 1 fully saturated rings. The summed E-state index contributed by atoms with van der Waals surface area (Å²) in [5.41, 5.74) is 3.77. The second-order valence-electron chi connectivity index (χ2n) is 6.71. The summed E-state index contributed by atoms with van der Waals surface area (Å²) in [5, 5.41) is 1.11. The molecule has 1 aliphatic rings. The molecule has 2 N–H and O–H groups in total. The van der Waals surface area contributed by atoms with Crippen molar-refractivity contribution in [3.63, 3.8) is 0 Å². The fraction of sp³-hybridized carbons (Fsp3) is 0.300. The number of fused-ring (bicyclic) bond motifs is 1. The highest BCUT2D eigenvalue weighted by Gasteiger charge is 2.26. The Kier molecular flexibility index (Phi) is 4.24. The van der Waals surface area contributed by atoms with E-state index in [2.05, 4.69) is 16.0 Å². The standard InChI is InChI=1S/C20H22N4O2/c1-14-16(15-5-2-3-6-17(15)22-14)13-19(25)23-9-11-24(12-10-23)20(26)18-7-4-8-21-18/h2-8,21-22H,9-13H2,1H3. The van der Waals surface area contributed by atoms with Gasteiger partial charge in [0.1, 0.15) is 5.69 Å². The molecule has 1 aliphatic heterocycles. The number of rotatable bonds is 3. The fourth-order valence-electron chi connectivity index (χ4n) is 3.62. The van der Waals surface area contributed by atoms with Gasteiger partial charge in [0.2, 0.25) is 5.91 Å². The predicted molar refractivity (Wildman–Crippen MR) is 100 cm³/mol. The van der Waals surface area contributed by atoms with Crippen molar-refractivity contribution in [1.29, 1.82) is 0 Å². The van der Waals surface area contributed by atoms with Gasteiger partial charge in [0, 0.05) is 49.0 Å². The summed E-state index contributed by atoms with van der Waals surface area (Å²) in [5.74, 6) is 0.111. The normalized spacial score (nSPS) is 14.8. The van der Waals surface area contributed by atoms with Crippen LogP contribution in [0.3, 0.4) is 0 Å². The summed E-state index contributed by atoms with van der Waals surface area (Å²) < 4.78 is 0. The molecule has 1 aromatic carbocycles. The SMILES string of the molecule is Cc1[nH]c2ccccc2c1CC(=O)N1CCN(C(=O)c2ccc[nH]2)CC1. The topological polar surface area (TPSA) is 72.2 Å². The highest BCUT2D eigenvalue weighted by Crippen LogP contribution is 2.23. The van der Waals surface area contributed by atoms with Crippen LogP contribution in [-0.4, -0.2) is 57.8 Å². The molecule has 1 saturated heterocycles. The molecule has 4 rings (SSSR count). The number of para-hydroxylation sites is 1. The molecule has 0 radical (unpaired) electrons. The molecular formula is C20H22N4O2. The summed E-state index contributed by atoms with van der Waals surface area (Å²) in [6.07, 6.45) is 2.14. The lowest BCUT2D eigenvalue weighted by Gasteiger charge is -2.34. The average Bonchev–Trinajstić information content (AvgIpc) is 3.30. The van der Waals surface area contributed by atoms with Gasteiger partial charge in [-0.2, -0.15) is 0 Å². The second-order valence-corrected chi connectivity index (χ2v) is 6.71. The van der Waals surface area contributed by atoms with E-state index < -0.39 is 0 Å². The lowest BCUT2D eigenvalue weighted by atomic mass is 10.1. The summed E-state index contributed by atoms with van der Waals surface area (Å²) in [6.45, 7) is 4.29. The third-order valence-corrected chi connectivity index (χ3v) is 5.10. The maximum atomic E-state index is 12.8. The van der Waals surface area contributed by atoms with Crippen molar-refractivity contribution in [3.05, 3.63) is 59.5 Å². The van der Waals surface area contributed by atoms with Gasteiger partial charge in [-0.15, -0.1) is 0 Å². The smallest absolute Gasteiger partial charge is 0.270 e. The number of hydrogen-bond donors (Lipinski definition) is 2. The quantitative estimate of drug-likeness (QED) is 0.761. The van der Waals surface area contributed by atoms with E-state index >= 15 is 0 Å². The van der Waals surface area contributed by atoms with Crippen molar-refractivity contribution < 1.29 is 9.59 Å². The van der Waals surface area contributed by atoms with Crippen LogP contribution in [0.2, 0.25) is 0 Å². The van der Waals surface area contributed by atoms with E-state index in [4.69, 9.17) is 0 Å². The van der Waals surface area contributed by atoms with Crippen molar-refractivity contribution >= 4 is 22.7 Å². The van der Waals surface area contributed by atoms with Gasteiger partial charge < -0.3 is 19.8 Å². The monoisotopic (exact) mass is 350 g/mol. The van der Waals surface area contributed by atoms with Gasteiger partial charge in [-0.3, -0.25) is 9.59 Å². The van der Waals surface area contributed by atoms with Crippen LogP contribution in [0.5, 0.6) is 0 Å². The first kappa shape index (κ1) is 16.4. The zero-order valence-electron chi connectivity index (χ0n) is 14.8. The number of nitrogens with zero attached hydrogens (tertiary/aromatic N) is 2. The Bertz CT molecular complexity index is 934. The Morgan fingerprint density at radius 1 is 1.00 bits per heavy atom. The Morgan fingerprint density at radius 3 is 2.46 bits per heavy atom. The summed E-state index contributed by atoms with van der Waals surface area (Å²) >= 11 is 0. The van der Waals surface area contributed by atoms with Crippen molar-refractivity contribution in [3.8, 4) is 0 Å². The van der Waals surface area contributed by atoms with Gasteiger partial charge >= 0.3 is 0 Å². The summed E-state index contributed by atoms with van der Waals surface area (Å²) in [7, 11) is 0. The molecule has 26 heavy (non-hydrogen) atoms. The molecule has 6 heteroatoms. The summed E-state index contributed by atoms with van der Waals surface area (Å²) in [4.78, 5) is 35.1. The average molecular weight is 350 g/mol. The van der Waals surface area contributed by atoms with Crippen LogP contribution < -0.4 is 0 Å². The van der Waals surface area contributed by atoms with Crippen molar-refractivity contribution in [2.45, 2.75) is 13.3 Å². The molecule has 0 unspecified atom stereocenters. The van der Waals surface area contributed by atoms with Crippen LogP contribution in [0.25, 0.3) is 10.9 Å². The number of benzene rings is 1. The van der Waals surface area contributed by atoms with E-state index in [9.17, 15) is 9.59 Å². The van der Waals surface area contributed by atoms with Crippen LogP contribution in [-0.2, 0) is 11.2 Å². The first-order valence-corrected chi connectivity index (χ1v) is 8.90. The number of carbonyl (C=O) groups excluding carboxylic acids is 2. The fourth-order valence-corrected chi connectivity index (χ4v) is 3.62. The molecule has 0 saturated carbocycles. The molecule has 2 amide bonds. The number of hydrogen-bond acceptors (Lipinski definition) is 2. The van der Waals surface area contributed by atoms with Gasteiger partial charge in [0.05, 0.1) is 6.42 Å². The zero-order valence-corrected chi connectivity index (χ0v) is 14.8. The molecule has 0 aliphatic carbocycles. The predicted octanol–water partition coefficient (Wildman–Crippen LogP) is 2.33. The molecule has 6 nitrogen and oxygen atoms in total. The molecule has 0 spiro atoms. The van der Waals surface area contributed by atoms with E-state index in [1.807, 2.05) is 36.1 Å². The molecule has 3 heterocycles. The third kappa shape index (κ3) is 2.98. The Labute approximate surface area is 151 Å². The van der Waals surface area contributed by atoms with E-state index in [1.165, 1.54) is 0 Å². The first-order chi connectivity index (χ1) is 12.6. The maximum absolute atomic E-state index is 12.8. The molecule has 3 aromatic rings. The molecule has 134 valence electrons. The van der Waals surface area contributed by atoms with Gasteiger partial charge in [-0.25, -0.2) is 0 Å². The van der Waals surface area contributed by atoms with Crippen LogP contribution in [0, 0.1) is 6.92 Å². The van der Waals surface area contributed by atoms with Gasteiger partial charge in [0.25, 0.3) is 5.91 Å². The summed E-state index contributed by atoms with van der Waals surface area (Å²) in [6, 6.07) is 11.7. The number of aryl methyl sites for hydroxylation is 1. The van der Waals surface area contributed by atoms with Gasteiger partial charge in [-0.05, 0) is 30.7 Å². The minimum atomic E-state index is -0.00503. The first-order valence-electron chi connectivity index (χ1n) is 8.90. The Balaban J connectivity index is 1.41. The van der Waals surface area contributed by atoms with E-state index in [1.54, 1.807) is 17.2 Å². The van der Waals surface area contributed by atoms with Gasteiger partial charge in [-0.1, -0.05) is 18.2 Å². The maximum Gasteiger partial charge on any atom is 0.270 e. The van der Waals surface area contributed by atoms with E-state index in [0.29, 0.717) is 38.3 Å². The molecule has 2 aromatic heterocycles. The number of carbonyl (C=O) groups is 2. The highest BCUT2D eigenvalue weighted by molar-refractivity contribution is 5.93. The molecular weight excluding hydrogens is 328 g/mol. The van der Waals surface area contributed by atoms with Crippen LogP contribution in [0.4, 0.5) is 0 Å². The number of piperazine rings is 1. The van der Waals surface area contributed by atoms with E-state index in [-0.39, 0.29) is 11.8 Å². The zero-order chi connectivity index (χ0) is 18.1.